The third-order valence-electron chi connectivity index (χ3n) is 2.54. The highest BCUT2D eigenvalue weighted by atomic mass is 35.5. The summed E-state index contributed by atoms with van der Waals surface area (Å²) < 4.78 is 6.84. The summed E-state index contributed by atoms with van der Waals surface area (Å²) in [6, 6.07) is 0. The Morgan fingerprint density at radius 1 is 1.59 bits per heavy atom. The van der Waals surface area contributed by atoms with Crippen LogP contribution in [0, 0.1) is 13.8 Å². The molecule has 0 aliphatic rings. The highest BCUT2D eigenvalue weighted by Crippen LogP contribution is 2.19. The van der Waals surface area contributed by atoms with Crippen LogP contribution >= 0.6 is 11.6 Å². The summed E-state index contributed by atoms with van der Waals surface area (Å²) in [5, 5.41) is 13.8. The molecule has 1 atom stereocenters. The van der Waals surface area contributed by atoms with E-state index >= 15 is 0 Å². The van der Waals surface area contributed by atoms with Crippen molar-refractivity contribution in [3.8, 4) is 0 Å². The molecule has 1 aromatic heterocycles. The Hall–Kier alpha value is -1.07. The zero-order valence-corrected chi connectivity index (χ0v) is 11.0. The molecule has 1 N–H and O–H groups in total. The first-order valence-electron chi connectivity index (χ1n) is 5.51. The summed E-state index contributed by atoms with van der Waals surface area (Å²) in [6.07, 6.45) is -0.413. The number of carboxylic acids is 1. The Labute approximate surface area is 105 Å². The molecule has 0 bridgehead atoms. The van der Waals surface area contributed by atoms with E-state index < -0.39 is 12.1 Å². The van der Waals surface area contributed by atoms with Gasteiger partial charge in [0.05, 0.1) is 16.4 Å². The van der Waals surface area contributed by atoms with E-state index in [1.165, 1.54) is 0 Å². The van der Waals surface area contributed by atoms with Crippen molar-refractivity contribution in [3.05, 3.63) is 16.4 Å². The number of hydrogen-bond donors (Lipinski definition) is 1. The predicted octanol–water partition coefficient (Wildman–Crippen LogP) is 2.03. The molecule has 1 heterocycles. The van der Waals surface area contributed by atoms with Crippen molar-refractivity contribution in [1.29, 1.82) is 0 Å². The number of hydrogen-bond acceptors (Lipinski definition) is 3. The molecule has 0 radical (unpaired) electrons. The van der Waals surface area contributed by atoms with Crippen LogP contribution in [0.3, 0.4) is 0 Å². The first-order valence-corrected chi connectivity index (χ1v) is 5.89. The molecule has 6 heteroatoms. The molecular weight excluding hydrogens is 244 g/mol. The Kier molecular flexibility index (Phi) is 4.96. The number of aryl methyl sites for hydroxylation is 2. The first-order chi connectivity index (χ1) is 7.97. The first kappa shape index (κ1) is 14.0. The minimum Gasteiger partial charge on any atom is -0.479 e. The van der Waals surface area contributed by atoms with Gasteiger partial charge in [-0.2, -0.15) is 5.10 Å². The second kappa shape index (κ2) is 6.02. The normalized spacial score (nSPS) is 12.7. The lowest BCUT2D eigenvalue weighted by Crippen LogP contribution is -2.25. The van der Waals surface area contributed by atoms with Gasteiger partial charge in [0.2, 0.25) is 0 Å². The minimum absolute atomic E-state index is 0.376. The molecule has 0 spiro atoms. The summed E-state index contributed by atoms with van der Waals surface area (Å²) >= 11 is 6.01. The zero-order valence-electron chi connectivity index (χ0n) is 10.2. The van der Waals surface area contributed by atoms with Gasteiger partial charge < -0.3 is 9.84 Å². The maximum absolute atomic E-state index is 10.9. The molecule has 1 unspecified atom stereocenters. The lowest BCUT2D eigenvalue weighted by molar-refractivity contribution is -0.150. The Morgan fingerprint density at radius 3 is 2.65 bits per heavy atom. The van der Waals surface area contributed by atoms with Crippen LogP contribution in [0.25, 0.3) is 0 Å². The quantitative estimate of drug-likeness (QED) is 0.850. The number of aliphatic carboxylic acids is 1. The lowest BCUT2D eigenvalue weighted by atomic mass is 10.2. The smallest absolute Gasteiger partial charge is 0.332 e. The third-order valence-corrected chi connectivity index (χ3v) is 3.09. The summed E-state index contributed by atoms with van der Waals surface area (Å²) in [5.74, 6) is -0.945. The Morgan fingerprint density at radius 2 is 2.24 bits per heavy atom. The van der Waals surface area contributed by atoms with Crippen molar-refractivity contribution in [2.45, 2.75) is 39.8 Å². The molecule has 0 aliphatic heterocycles. The van der Waals surface area contributed by atoms with Gasteiger partial charge in [0.1, 0.15) is 0 Å². The molecule has 17 heavy (non-hydrogen) atoms. The van der Waals surface area contributed by atoms with E-state index in [0.717, 1.165) is 11.4 Å². The highest BCUT2D eigenvalue weighted by Gasteiger charge is 2.18. The standard InChI is InChI=1S/C11H17ClN2O3/c1-4-17-9(11(15)16)5-6-14-8(3)10(12)7(2)13-14/h9H,4-6H2,1-3H3,(H,15,16). The van der Waals surface area contributed by atoms with Gasteiger partial charge in [0.25, 0.3) is 0 Å². The maximum Gasteiger partial charge on any atom is 0.332 e. The highest BCUT2D eigenvalue weighted by molar-refractivity contribution is 6.31. The van der Waals surface area contributed by atoms with Gasteiger partial charge >= 0.3 is 5.97 Å². The average molecular weight is 261 g/mol. The molecule has 1 rings (SSSR count). The van der Waals surface area contributed by atoms with Crippen LogP contribution in [0.4, 0.5) is 0 Å². The van der Waals surface area contributed by atoms with E-state index in [1.807, 2.05) is 13.8 Å². The molecule has 96 valence electrons. The van der Waals surface area contributed by atoms with Gasteiger partial charge in [0.15, 0.2) is 6.10 Å². The molecule has 0 amide bonds. The van der Waals surface area contributed by atoms with Gasteiger partial charge in [-0.05, 0) is 20.8 Å². The fourth-order valence-corrected chi connectivity index (χ4v) is 1.75. The largest absolute Gasteiger partial charge is 0.479 e. The SMILES string of the molecule is CCOC(CCn1nc(C)c(Cl)c1C)C(=O)O. The van der Waals surface area contributed by atoms with Crippen molar-refractivity contribution < 1.29 is 14.6 Å². The van der Waals surface area contributed by atoms with E-state index in [-0.39, 0.29) is 0 Å². The number of rotatable bonds is 6. The number of nitrogens with zero attached hydrogens (tertiary/aromatic N) is 2. The predicted molar refractivity (Wildman–Crippen MR) is 64.4 cm³/mol. The summed E-state index contributed by atoms with van der Waals surface area (Å²) in [4.78, 5) is 10.9. The number of carbonyl (C=O) groups is 1. The number of carboxylic acid groups (broad SMARTS) is 1. The van der Waals surface area contributed by atoms with E-state index in [0.29, 0.717) is 24.6 Å². The summed E-state index contributed by atoms with van der Waals surface area (Å²) in [6.45, 7) is 6.32. The zero-order chi connectivity index (χ0) is 13.0. The monoisotopic (exact) mass is 260 g/mol. The lowest BCUT2D eigenvalue weighted by Gasteiger charge is -2.12. The van der Waals surface area contributed by atoms with Gasteiger partial charge in [-0.25, -0.2) is 4.79 Å². The van der Waals surface area contributed by atoms with Crippen LogP contribution < -0.4 is 0 Å². The maximum atomic E-state index is 10.9. The summed E-state index contributed by atoms with van der Waals surface area (Å²) in [5.41, 5.74) is 1.61. The second-order valence-corrected chi connectivity index (χ2v) is 4.16. The Balaban J connectivity index is 2.65. The molecule has 0 aliphatic carbocycles. The number of ether oxygens (including phenoxy) is 1. The fourth-order valence-electron chi connectivity index (χ4n) is 1.61. The second-order valence-electron chi connectivity index (χ2n) is 3.78. The third kappa shape index (κ3) is 3.44. The van der Waals surface area contributed by atoms with Crippen LogP contribution in [0.15, 0.2) is 0 Å². The molecule has 0 aromatic carbocycles. The van der Waals surface area contributed by atoms with Crippen molar-refractivity contribution in [2.75, 3.05) is 6.61 Å². The van der Waals surface area contributed by atoms with E-state index in [1.54, 1.807) is 11.6 Å². The number of aromatic nitrogens is 2. The van der Waals surface area contributed by atoms with E-state index in [4.69, 9.17) is 21.4 Å². The average Bonchev–Trinajstić information content (AvgIpc) is 2.52. The van der Waals surface area contributed by atoms with Crippen LogP contribution in [0.1, 0.15) is 24.7 Å². The fraction of sp³-hybridized carbons (Fsp3) is 0.636. The minimum atomic E-state index is -0.945. The molecule has 1 aromatic rings. The topological polar surface area (TPSA) is 64.4 Å². The van der Waals surface area contributed by atoms with Gasteiger partial charge in [-0.1, -0.05) is 11.6 Å². The molecular formula is C11H17ClN2O3. The van der Waals surface area contributed by atoms with Crippen molar-refractivity contribution in [2.24, 2.45) is 0 Å². The molecule has 0 fully saturated rings. The van der Waals surface area contributed by atoms with Gasteiger partial charge in [0, 0.05) is 19.6 Å². The van der Waals surface area contributed by atoms with Crippen LogP contribution in [-0.2, 0) is 16.1 Å². The summed E-state index contributed by atoms with van der Waals surface area (Å²) in [7, 11) is 0. The molecule has 0 saturated carbocycles. The molecule has 0 saturated heterocycles. The van der Waals surface area contributed by atoms with Crippen LogP contribution in [-0.4, -0.2) is 33.6 Å². The van der Waals surface area contributed by atoms with Crippen LogP contribution in [0.5, 0.6) is 0 Å². The van der Waals surface area contributed by atoms with Crippen molar-refractivity contribution in [1.82, 2.24) is 9.78 Å². The van der Waals surface area contributed by atoms with Gasteiger partial charge in [-0.15, -0.1) is 0 Å². The van der Waals surface area contributed by atoms with E-state index in [9.17, 15) is 4.79 Å². The number of halogens is 1. The van der Waals surface area contributed by atoms with Crippen molar-refractivity contribution in [3.63, 3.8) is 0 Å². The van der Waals surface area contributed by atoms with E-state index in [2.05, 4.69) is 5.10 Å². The van der Waals surface area contributed by atoms with Crippen LogP contribution in [0.2, 0.25) is 5.02 Å². The molecule has 5 nitrogen and oxygen atoms in total. The van der Waals surface area contributed by atoms with Crippen molar-refractivity contribution >= 4 is 17.6 Å². The van der Waals surface area contributed by atoms with Gasteiger partial charge in [-0.3, -0.25) is 4.68 Å². The Bertz CT molecular complexity index is 404.